The molecular weight excluding hydrogens is 409 g/mol. The molecule has 3 nitrogen and oxygen atoms in total. The van der Waals surface area contributed by atoms with Crippen molar-refractivity contribution >= 4 is 22.7 Å². The summed E-state index contributed by atoms with van der Waals surface area (Å²) >= 11 is 1.25. The van der Waals surface area contributed by atoms with Gasteiger partial charge < -0.3 is 0 Å². The minimum absolute atomic E-state index is 0.170. The van der Waals surface area contributed by atoms with Crippen LogP contribution >= 0.6 is 11.8 Å². The highest BCUT2D eigenvalue weighted by Crippen LogP contribution is 2.31. The number of thioether (sulfide) groups is 1. The van der Waals surface area contributed by atoms with Crippen molar-refractivity contribution < 1.29 is 13.2 Å². The molecule has 0 aliphatic heterocycles. The van der Waals surface area contributed by atoms with Gasteiger partial charge in [0.1, 0.15) is 0 Å². The number of benzene rings is 3. The highest BCUT2D eigenvalue weighted by atomic mass is 32.2. The van der Waals surface area contributed by atoms with Crippen molar-refractivity contribution in [3.63, 3.8) is 0 Å². The molecular formula is C23H17F3N2OS. The number of rotatable bonds is 5. The van der Waals surface area contributed by atoms with Gasteiger partial charge in [-0.15, -0.1) is 0 Å². The Hall–Kier alpha value is -3.06. The van der Waals surface area contributed by atoms with E-state index in [1.54, 1.807) is 34.9 Å². The van der Waals surface area contributed by atoms with Crippen LogP contribution in [-0.2, 0) is 18.5 Å². The molecule has 0 amide bonds. The number of aromatic nitrogens is 2. The molecule has 152 valence electrons. The highest BCUT2D eigenvalue weighted by molar-refractivity contribution is 7.98. The first-order chi connectivity index (χ1) is 14.4. The van der Waals surface area contributed by atoms with Crippen molar-refractivity contribution in [2.45, 2.75) is 23.6 Å². The zero-order chi connectivity index (χ0) is 21.1. The van der Waals surface area contributed by atoms with Gasteiger partial charge in [0.15, 0.2) is 5.16 Å². The van der Waals surface area contributed by atoms with Gasteiger partial charge >= 0.3 is 6.18 Å². The molecule has 0 saturated carbocycles. The Bertz CT molecular complexity index is 1240. The first-order valence-corrected chi connectivity index (χ1v) is 10.2. The largest absolute Gasteiger partial charge is 0.416 e. The SMILES string of the molecule is O=c1c2ccccc2nc(SCc2cccc(C(F)(F)F)c2)n1Cc1ccccc1. The van der Waals surface area contributed by atoms with Crippen LogP contribution in [-0.4, -0.2) is 9.55 Å². The third kappa shape index (κ3) is 4.41. The van der Waals surface area contributed by atoms with E-state index in [0.29, 0.717) is 28.2 Å². The molecule has 0 unspecified atom stereocenters. The number of hydrogen-bond donors (Lipinski definition) is 0. The van der Waals surface area contributed by atoms with Crippen molar-refractivity contribution in [2.24, 2.45) is 0 Å². The van der Waals surface area contributed by atoms with Crippen LogP contribution < -0.4 is 5.56 Å². The molecule has 0 spiro atoms. The summed E-state index contributed by atoms with van der Waals surface area (Å²) < 4.78 is 40.6. The summed E-state index contributed by atoms with van der Waals surface area (Å²) in [5.74, 6) is 0.267. The second-order valence-corrected chi connectivity index (χ2v) is 7.72. The van der Waals surface area contributed by atoms with Crippen LogP contribution in [0.25, 0.3) is 10.9 Å². The maximum atomic E-state index is 13.1. The Labute approximate surface area is 175 Å². The zero-order valence-corrected chi connectivity index (χ0v) is 16.6. The van der Waals surface area contributed by atoms with Crippen LogP contribution in [0.2, 0.25) is 0 Å². The smallest absolute Gasteiger partial charge is 0.283 e. The Morgan fingerprint density at radius 1 is 0.867 bits per heavy atom. The molecule has 0 saturated heterocycles. The standard InChI is InChI=1S/C23H17F3N2OS/c24-23(25,26)18-10-6-9-17(13-18)15-30-22-27-20-12-5-4-11-19(20)21(29)28(22)14-16-7-2-1-3-8-16/h1-13H,14-15H2. The minimum Gasteiger partial charge on any atom is -0.283 e. The number of nitrogens with zero attached hydrogens (tertiary/aromatic N) is 2. The van der Waals surface area contributed by atoms with Crippen LogP contribution in [0.5, 0.6) is 0 Å². The lowest BCUT2D eigenvalue weighted by molar-refractivity contribution is -0.137. The van der Waals surface area contributed by atoms with Gasteiger partial charge in [0.05, 0.1) is 23.0 Å². The number of hydrogen-bond acceptors (Lipinski definition) is 3. The van der Waals surface area contributed by atoms with Crippen molar-refractivity contribution in [3.8, 4) is 0 Å². The van der Waals surface area contributed by atoms with Gasteiger partial charge in [-0.2, -0.15) is 13.2 Å². The first-order valence-electron chi connectivity index (χ1n) is 9.24. The third-order valence-electron chi connectivity index (χ3n) is 4.63. The van der Waals surface area contributed by atoms with Crippen LogP contribution in [0, 0.1) is 0 Å². The predicted octanol–water partition coefficient (Wildman–Crippen LogP) is 5.76. The first kappa shape index (κ1) is 20.2. The lowest BCUT2D eigenvalue weighted by atomic mass is 10.1. The maximum absolute atomic E-state index is 13.1. The van der Waals surface area contributed by atoms with E-state index in [2.05, 4.69) is 4.98 Å². The van der Waals surface area contributed by atoms with Crippen LogP contribution in [0.15, 0.2) is 88.8 Å². The Kier molecular flexibility index (Phi) is 5.63. The summed E-state index contributed by atoms with van der Waals surface area (Å²) in [7, 11) is 0. The van der Waals surface area contributed by atoms with Gasteiger partial charge in [-0.25, -0.2) is 4.98 Å². The van der Waals surface area contributed by atoms with Crippen LogP contribution in [0.4, 0.5) is 13.2 Å². The normalized spacial score (nSPS) is 11.7. The minimum atomic E-state index is -4.39. The Balaban J connectivity index is 1.71. The second kappa shape index (κ2) is 8.36. The molecule has 4 rings (SSSR count). The van der Waals surface area contributed by atoms with E-state index in [1.807, 2.05) is 30.3 Å². The molecule has 0 aliphatic rings. The van der Waals surface area contributed by atoms with Crippen molar-refractivity contribution in [1.29, 1.82) is 0 Å². The highest BCUT2D eigenvalue weighted by Gasteiger charge is 2.30. The zero-order valence-electron chi connectivity index (χ0n) is 15.8. The number of alkyl halides is 3. The van der Waals surface area contributed by atoms with E-state index in [0.717, 1.165) is 17.7 Å². The molecule has 1 heterocycles. The van der Waals surface area contributed by atoms with Gasteiger partial charge in [-0.3, -0.25) is 9.36 Å². The quantitative estimate of drug-likeness (QED) is 0.301. The monoisotopic (exact) mass is 426 g/mol. The van der Waals surface area contributed by atoms with E-state index < -0.39 is 11.7 Å². The van der Waals surface area contributed by atoms with Crippen molar-refractivity contribution in [1.82, 2.24) is 9.55 Å². The summed E-state index contributed by atoms with van der Waals surface area (Å²) in [6, 6.07) is 21.8. The molecule has 0 atom stereocenters. The molecule has 7 heteroatoms. The van der Waals surface area contributed by atoms with Gasteiger partial charge in [-0.1, -0.05) is 72.4 Å². The van der Waals surface area contributed by atoms with E-state index >= 15 is 0 Å². The van der Waals surface area contributed by atoms with Gasteiger partial charge in [0.2, 0.25) is 0 Å². The average Bonchev–Trinajstić information content (AvgIpc) is 2.75. The third-order valence-corrected chi connectivity index (χ3v) is 5.68. The van der Waals surface area contributed by atoms with Crippen molar-refractivity contribution in [2.75, 3.05) is 0 Å². The van der Waals surface area contributed by atoms with Gasteiger partial charge in [-0.05, 0) is 29.3 Å². The molecule has 0 aliphatic carbocycles. The molecule has 30 heavy (non-hydrogen) atoms. The van der Waals surface area contributed by atoms with Gasteiger partial charge in [0, 0.05) is 5.75 Å². The summed E-state index contributed by atoms with van der Waals surface area (Å²) in [5.41, 5.74) is 1.17. The Morgan fingerprint density at radius 3 is 2.33 bits per heavy atom. The molecule has 1 aromatic heterocycles. The van der Waals surface area contributed by atoms with Gasteiger partial charge in [0.25, 0.3) is 5.56 Å². The summed E-state index contributed by atoms with van der Waals surface area (Å²) in [4.78, 5) is 17.7. The maximum Gasteiger partial charge on any atom is 0.416 e. The van der Waals surface area contributed by atoms with E-state index in [4.69, 9.17) is 0 Å². The Morgan fingerprint density at radius 2 is 1.57 bits per heavy atom. The van der Waals surface area contributed by atoms with E-state index in [9.17, 15) is 18.0 Å². The average molecular weight is 426 g/mol. The number of halogens is 3. The predicted molar refractivity (Wildman–Crippen MR) is 113 cm³/mol. The topological polar surface area (TPSA) is 34.9 Å². The lowest BCUT2D eigenvalue weighted by Crippen LogP contribution is -2.24. The van der Waals surface area contributed by atoms with Crippen molar-refractivity contribution in [3.05, 3.63) is 106 Å². The fraction of sp³-hybridized carbons (Fsp3) is 0.130. The van der Waals surface area contributed by atoms with E-state index in [-0.39, 0.29) is 11.3 Å². The number of para-hydroxylation sites is 1. The molecule has 0 radical (unpaired) electrons. The molecule has 3 aromatic carbocycles. The van der Waals surface area contributed by atoms with Crippen LogP contribution in [0.1, 0.15) is 16.7 Å². The lowest BCUT2D eigenvalue weighted by Gasteiger charge is -2.14. The molecule has 0 bridgehead atoms. The fourth-order valence-electron chi connectivity index (χ4n) is 3.15. The summed E-state index contributed by atoms with van der Waals surface area (Å²) in [6.45, 7) is 0.336. The molecule has 0 fully saturated rings. The summed E-state index contributed by atoms with van der Waals surface area (Å²) in [6.07, 6.45) is -4.39. The number of fused-ring (bicyclic) bond motifs is 1. The van der Waals surface area contributed by atoms with Crippen LogP contribution in [0.3, 0.4) is 0 Å². The fourth-order valence-corrected chi connectivity index (χ4v) is 4.09. The molecule has 4 aromatic rings. The second-order valence-electron chi connectivity index (χ2n) is 6.78. The molecule has 0 N–H and O–H groups in total. The summed E-state index contributed by atoms with van der Waals surface area (Å²) in [5, 5.41) is 0.983. The van der Waals surface area contributed by atoms with E-state index in [1.165, 1.54) is 17.8 Å².